The predicted octanol–water partition coefficient (Wildman–Crippen LogP) is 2.37. The standard InChI is InChI=1S/C11H14F3NO2/c1-16-6-7-17-15-8-9-4-2-3-5-10(9)11(12,13)14/h2-5,15H,6-8H2,1H3. The van der Waals surface area contributed by atoms with Gasteiger partial charge in [-0.2, -0.15) is 18.7 Å². The van der Waals surface area contributed by atoms with Crippen LogP contribution in [-0.2, 0) is 22.3 Å². The second kappa shape index (κ2) is 6.58. The van der Waals surface area contributed by atoms with Crippen LogP contribution in [0.4, 0.5) is 13.2 Å². The van der Waals surface area contributed by atoms with E-state index >= 15 is 0 Å². The molecule has 0 saturated carbocycles. The first-order valence-electron chi connectivity index (χ1n) is 5.04. The van der Waals surface area contributed by atoms with Crippen LogP contribution in [0.25, 0.3) is 0 Å². The molecule has 0 spiro atoms. The van der Waals surface area contributed by atoms with Crippen molar-refractivity contribution in [2.24, 2.45) is 0 Å². The van der Waals surface area contributed by atoms with Crippen LogP contribution in [0.5, 0.6) is 0 Å². The van der Waals surface area contributed by atoms with Crippen molar-refractivity contribution in [3.05, 3.63) is 35.4 Å². The molecule has 0 unspecified atom stereocenters. The number of methoxy groups -OCH3 is 1. The highest BCUT2D eigenvalue weighted by Gasteiger charge is 2.32. The second-order valence-corrected chi connectivity index (χ2v) is 3.32. The van der Waals surface area contributed by atoms with E-state index in [9.17, 15) is 13.2 Å². The molecule has 1 N–H and O–H groups in total. The molecule has 17 heavy (non-hydrogen) atoms. The Morgan fingerprint density at radius 2 is 1.88 bits per heavy atom. The van der Waals surface area contributed by atoms with Gasteiger partial charge in [0.05, 0.1) is 18.8 Å². The lowest BCUT2D eigenvalue weighted by Crippen LogP contribution is -2.19. The third-order valence-corrected chi connectivity index (χ3v) is 2.08. The van der Waals surface area contributed by atoms with Crippen molar-refractivity contribution in [2.45, 2.75) is 12.7 Å². The molecule has 0 radical (unpaired) electrons. The fraction of sp³-hybridized carbons (Fsp3) is 0.455. The third-order valence-electron chi connectivity index (χ3n) is 2.08. The molecular formula is C11H14F3NO2. The number of halogens is 3. The van der Waals surface area contributed by atoms with E-state index in [1.807, 2.05) is 0 Å². The first-order chi connectivity index (χ1) is 8.05. The van der Waals surface area contributed by atoms with Crippen molar-refractivity contribution >= 4 is 0 Å². The van der Waals surface area contributed by atoms with Gasteiger partial charge < -0.3 is 4.74 Å². The Kier molecular flexibility index (Phi) is 5.40. The third kappa shape index (κ3) is 4.72. The van der Waals surface area contributed by atoms with E-state index in [2.05, 4.69) is 5.48 Å². The zero-order valence-corrected chi connectivity index (χ0v) is 9.38. The molecule has 6 heteroatoms. The second-order valence-electron chi connectivity index (χ2n) is 3.32. The summed E-state index contributed by atoms with van der Waals surface area (Å²) in [6.45, 7) is 0.665. The van der Waals surface area contributed by atoms with Gasteiger partial charge >= 0.3 is 6.18 Å². The molecule has 0 aliphatic carbocycles. The van der Waals surface area contributed by atoms with E-state index in [4.69, 9.17) is 9.57 Å². The first kappa shape index (κ1) is 14.0. The molecular weight excluding hydrogens is 235 g/mol. The van der Waals surface area contributed by atoms with E-state index in [0.717, 1.165) is 6.07 Å². The number of hydrogen-bond acceptors (Lipinski definition) is 3. The summed E-state index contributed by atoms with van der Waals surface area (Å²) in [7, 11) is 1.52. The van der Waals surface area contributed by atoms with Crippen molar-refractivity contribution in [3.8, 4) is 0 Å². The minimum Gasteiger partial charge on any atom is -0.382 e. The molecule has 0 atom stereocenters. The summed E-state index contributed by atoms with van der Waals surface area (Å²) < 4.78 is 42.5. The smallest absolute Gasteiger partial charge is 0.382 e. The van der Waals surface area contributed by atoms with Crippen molar-refractivity contribution in [2.75, 3.05) is 20.3 Å². The molecule has 0 heterocycles. The number of ether oxygens (including phenoxy) is 1. The molecule has 0 aliphatic rings. The van der Waals surface area contributed by atoms with Gasteiger partial charge in [0, 0.05) is 13.7 Å². The number of rotatable bonds is 6. The van der Waals surface area contributed by atoms with Crippen LogP contribution in [0.2, 0.25) is 0 Å². The number of hydrogen-bond donors (Lipinski definition) is 1. The van der Waals surface area contributed by atoms with Crippen molar-refractivity contribution in [1.82, 2.24) is 5.48 Å². The van der Waals surface area contributed by atoms with E-state index in [-0.39, 0.29) is 18.7 Å². The van der Waals surface area contributed by atoms with Gasteiger partial charge in [-0.05, 0) is 11.6 Å². The molecule has 0 aliphatic heterocycles. The molecule has 1 aromatic rings. The Bertz CT molecular complexity index is 342. The van der Waals surface area contributed by atoms with Crippen molar-refractivity contribution in [1.29, 1.82) is 0 Å². The summed E-state index contributed by atoms with van der Waals surface area (Å²) in [5.41, 5.74) is 1.97. The Morgan fingerprint density at radius 1 is 1.18 bits per heavy atom. The quantitative estimate of drug-likeness (QED) is 0.620. The highest BCUT2D eigenvalue weighted by molar-refractivity contribution is 5.29. The van der Waals surface area contributed by atoms with Crippen molar-refractivity contribution in [3.63, 3.8) is 0 Å². The van der Waals surface area contributed by atoms with Crippen molar-refractivity contribution < 1.29 is 22.7 Å². The van der Waals surface area contributed by atoms with Gasteiger partial charge in [-0.15, -0.1) is 0 Å². The van der Waals surface area contributed by atoms with Gasteiger partial charge in [0.2, 0.25) is 0 Å². The lowest BCUT2D eigenvalue weighted by Gasteiger charge is -2.13. The topological polar surface area (TPSA) is 30.5 Å². The lowest BCUT2D eigenvalue weighted by molar-refractivity contribution is -0.138. The number of benzene rings is 1. The van der Waals surface area contributed by atoms with Gasteiger partial charge in [0.25, 0.3) is 0 Å². The Hall–Kier alpha value is -1.11. The average Bonchev–Trinajstić information content (AvgIpc) is 2.28. The minimum absolute atomic E-state index is 0.000598. The maximum absolute atomic E-state index is 12.6. The van der Waals surface area contributed by atoms with E-state index < -0.39 is 11.7 Å². The molecule has 1 rings (SSSR count). The Morgan fingerprint density at radius 3 is 2.53 bits per heavy atom. The molecule has 3 nitrogen and oxygen atoms in total. The molecule has 1 aromatic carbocycles. The number of hydroxylamine groups is 1. The van der Waals surface area contributed by atoms with Gasteiger partial charge in [-0.1, -0.05) is 18.2 Å². The zero-order valence-electron chi connectivity index (χ0n) is 9.38. The highest BCUT2D eigenvalue weighted by atomic mass is 19.4. The highest BCUT2D eigenvalue weighted by Crippen LogP contribution is 2.31. The average molecular weight is 249 g/mol. The van der Waals surface area contributed by atoms with Crippen LogP contribution in [0.3, 0.4) is 0 Å². The molecule has 0 fully saturated rings. The number of alkyl halides is 3. The van der Waals surface area contributed by atoms with Crippen LogP contribution in [0, 0.1) is 0 Å². The van der Waals surface area contributed by atoms with Crippen LogP contribution in [0.1, 0.15) is 11.1 Å². The summed E-state index contributed by atoms with van der Waals surface area (Å²) in [5, 5.41) is 0. The molecule has 0 amide bonds. The largest absolute Gasteiger partial charge is 0.416 e. The SMILES string of the molecule is COCCONCc1ccccc1C(F)(F)F. The first-order valence-corrected chi connectivity index (χ1v) is 5.04. The summed E-state index contributed by atoms with van der Waals surface area (Å²) in [6.07, 6.45) is -4.34. The van der Waals surface area contributed by atoms with Gasteiger partial charge in [0.1, 0.15) is 0 Å². The maximum Gasteiger partial charge on any atom is 0.416 e. The fourth-order valence-corrected chi connectivity index (χ4v) is 1.28. The summed E-state index contributed by atoms with van der Waals surface area (Å²) >= 11 is 0. The van der Waals surface area contributed by atoms with Crippen LogP contribution in [0.15, 0.2) is 24.3 Å². The normalized spacial score (nSPS) is 11.8. The van der Waals surface area contributed by atoms with E-state index in [1.54, 1.807) is 6.07 Å². The van der Waals surface area contributed by atoms with Gasteiger partial charge in [-0.25, -0.2) is 0 Å². The summed E-state index contributed by atoms with van der Waals surface area (Å²) in [4.78, 5) is 4.90. The monoisotopic (exact) mass is 249 g/mol. The van der Waals surface area contributed by atoms with Gasteiger partial charge in [0.15, 0.2) is 0 Å². The maximum atomic E-state index is 12.6. The van der Waals surface area contributed by atoms with E-state index in [0.29, 0.717) is 6.61 Å². The van der Waals surface area contributed by atoms with Crippen LogP contribution in [-0.4, -0.2) is 20.3 Å². The van der Waals surface area contributed by atoms with E-state index in [1.165, 1.54) is 19.2 Å². The lowest BCUT2D eigenvalue weighted by atomic mass is 10.1. The number of nitrogens with one attached hydrogen (secondary N) is 1. The van der Waals surface area contributed by atoms with Gasteiger partial charge in [-0.3, -0.25) is 4.84 Å². The van der Waals surface area contributed by atoms with Crippen LogP contribution >= 0.6 is 0 Å². The van der Waals surface area contributed by atoms with Crippen LogP contribution < -0.4 is 5.48 Å². The molecule has 0 aromatic heterocycles. The molecule has 0 bridgehead atoms. The Labute approximate surface area is 97.5 Å². The molecule has 0 saturated heterocycles. The fourth-order valence-electron chi connectivity index (χ4n) is 1.28. The zero-order chi connectivity index (χ0) is 12.7. The summed E-state index contributed by atoms with van der Waals surface area (Å²) in [6, 6.07) is 5.38. The Balaban J connectivity index is 2.53. The molecule has 96 valence electrons. The minimum atomic E-state index is -4.34. The predicted molar refractivity (Wildman–Crippen MR) is 56.1 cm³/mol. The summed E-state index contributed by atoms with van der Waals surface area (Å²) in [5.74, 6) is 0.